The Morgan fingerprint density at radius 1 is 0.632 bits per heavy atom. The summed E-state index contributed by atoms with van der Waals surface area (Å²) in [5.74, 6) is 1.53. The smallest absolute Gasteiger partial charge is 0.323 e. The van der Waals surface area contributed by atoms with Crippen molar-refractivity contribution in [2.75, 3.05) is 47.6 Å². The maximum absolute atomic E-state index is 5.69. The summed E-state index contributed by atoms with van der Waals surface area (Å²) < 4.78 is 11.4. The van der Waals surface area contributed by atoms with Crippen LogP contribution in [0.15, 0.2) is 49.6 Å². The summed E-state index contributed by atoms with van der Waals surface area (Å²) in [6.07, 6.45) is 7.32. The van der Waals surface area contributed by atoms with Gasteiger partial charge in [-0.05, 0) is 37.1 Å². The van der Waals surface area contributed by atoms with Crippen molar-refractivity contribution in [1.29, 1.82) is 0 Å². The van der Waals surface area contributed by atoms with Crippen LogP contribution in [0.5, 0.6) is 12.0 Å². The van der Waals surface area contributed by atoms with Gasteiger partial charge in [0.1, 0.15) is 0 Å². The lowest BCUT2D eigenvalue weighted by molar-refractivity contribution is 0.285. The van der Waals surface area contributed by atoms with Gasteiger partial charge < -0.3 is 30.7 Å². The van der Waals surface area contributed by atoms with Gasteiger partial charge in [-0.25, -0.2) is 0 Å². The summed E-state index contributed by atoms with van der Waals surface area (Å²) in [6, 6.07) is 8.06. The molecule has 202 valence electrons. The van der Waals surface area contributed by atoms with Crippen LogP contribution in [-0.4, -0.2) is 56.2 Å². The quantitative estimate of drug-likeness (QED) is 0.131. The van der Waals surface area contributed by atoms with E-state index in [2.05, 4.69) is 78.2 Å². The number of hydrogen-bond donors (Lipinski definition) is 4. The van der Waals surface area contributed by atoms with Crippen molar-refractivity contribution >= 4 is 35.2 Å². The second-order valence-corrected chi connectivity index (χ2v) is 8.10. The van der Waals surface area contributed by atoms with Gasteiger partial charge in [0.25, 0.3) is 0 Å². The van der Waals surface area contributed by atoms with Crippen molar-refractivity contribution in [2.45, 2.75) is 39.5 Å². The molecule has 0 saturated carbocycles. The maximum atomic E-state index is 5.69. The minimum absolute atomic E-state index is 0.258. The normalized spacial score (nSPS) is 10.4. The lowest BCUT2D eigenvalue weighted by atomic mass is 10.3. The Morgan fingerprint density at radius 3 is 1.39 bits per heavy atom. The first-order valence-corrected chi connectivity index (χ1v) is 12.7. The fourth-order valence-electron chi connectivity index (χ4n) is 2.95. The first kappa shape index (κ1) is 28.1. The van der Waals surface area contributed by atoms with Crippen LogP contribution in [0, 0.1) is 0 Å². The van der Waals surface area contributed by atoms with Gasteiger partial charge >= 0.3 is 12.0 Å². The Hall–Kier alpha value is -4.48. The third-order valence-corrected chi connectivity index (χ3v) is 4.89. The Balaban J connectivity index is 1.71. The van der Waals surface area contributed by atoms with E-state index in [0.29, 0.717) is 50.1 Å². The van der Waals surface area contributed by atoms with Gasteiger partial charge in [0.05, 0.1) is 13.2 Å². The molecular weight excluding hydrogens is 484 g/mol. The predicted octanol–water partition coefficient (Wildman–Crippen LogP) is 5.10. The minimum atomic E-state index is 0.258. The number of unbranched alkanes of at least 4 members (excludes halogenated alkanes) is 2. The van der Waals surface area contributed by atoms with Crippen LogP contribution in [0.3, 0.4) is 0 Å². The van der Waals surface area contributed by atoms with E-state index in [1.807, 2.05) is 24.3 Å². The SMILES string of the molecule is C=CCNc1nc(Nc2ccc(Nc3nc(NCC=C)nc(OCCCC)n3)cc2)nc(OCCCC)n1. The third kappa shape index (κ3) is 9.52. The van der Waals surface area contributed by atoms with Gasteiger partial charge in [-0.3, -0.25) is 0 Å². The Bertz CT molecular complexity index is 1070. The number of aromatic nitrogens is 6. The molecule has 3 aromatic rings. The Kier molecular flexibility index (Phi) is 11.5. The van der Waals surface area contributed by atoms with Gasteiger partial charge in [-0.1, -0.05) is 38.8 Å². The molecule has 3 rings (SSSR count). The van der Waals surface area contributed by atoms with Crippen LogP contribution in [0.25, 0.3) is 0 Å². The Labute approximate surface area is 223 Å². The van der Waals surface area contributed by atoms with Gasteiger partial charge in [-0.15, -0.1) is 13.2 Å². The molecule has 0 saturated heterocycles. The summed E-state index contributed by atoms with van der Waals surface area (Å²) in [5, 5.41) is 12.5. The topological polar surface area (TPSA) is 144 Å². The van der Waals surface area contributed by atoms with Crippen molar-refractivity contribution in [2.24, 2.45) is 0 Å². The third-order valence-electron chi connectivity index (χ3n) is 4.89. The zero-order valence-corrected chi connectivity index (χ0v) is 22.0. The lowest BCUT2D eigenvalue weighted by Crippen LogP contribution is -2.10. The Morgan fingerprint density at radius 2 is 1.03 bits per heavy atom. The van der Waals surface area contributed by atoms with E-state index < -0.39 is 0 Å². The van der Waals surface area contributed by atoms with Crippen molar-refractivity contribution in [3.05, 3.63) is 49.6 Å². The van der Waals surface area contributed by atoms with E-state index in [1.54, 1.807) is 12.2 Å². The van der Waals surface area contributed by atoms with Crippen LogP contribution < -0.4 is 30.7 Å². The van der Waals surface area contributed by atoms with Crippen molar-refractivity contribution < 1.29 is 9.47 Å². The number of anilines is 6. The molecule has 1 aromatic carbocycles. The highest BCUT2D eigenvalue weighted by Gasteiger charge is 2.10. The number of nitrogens with one attached hydrogen (secondary N) is 4. The molecule has 4 N–H and O–H groups in total. The maximum Gasteiger partial charge on any atom is 0.323 e. The molecule has 0 unspecified atom stereocenters. The van der Waals surface area contributed by atoms with E-state index >= 15 is 0 Å². The van der Waals surface area contributed by atoms with E-state index in [9.17, 15) is 0 Å². The van der Waals surface area contributed by atoms with Gasteiger partial charge in [0.15, 0.2) is 0 Å². The second kappa shape index (κ2) is 15.6. The molecule has 38 heavy (non-hydrogen) atoms. The standard InChI is InChI=1S/C26H36N10O2/c1-5-9-17-37-25-33-21(27-15-7-3)31-23(35-25)29-19-11-13-20(14-12-19)30-24-32-22(28-16-8-4)34-26(36-24)38-18-10-6-2/h7-8,11-14H,3-6,9-10,15-18H2,1-2H3,(H2,27,29,31,33,35)(H2,28,30,32,34,36). The summed E-state index contributed by atoms with van der Waals surface area (Å²) in [4.78, 5) is 26.2. The van der Waals surface area contributed by atoms with E-state index in [-0.39, 0.29) is 12.0 Å². The van der Waals surface area contributed by atoms with Gasteiger partial charge in [0.2, 0.25) is 23.8 Å². The van der Waals surface area contributed by atoms with Crippen LogP contribution in [0.4, 0.5) is 35.2 Å². The molecule has 12 heteroatoms. The number of hydrogen-bond acceptors (Lipinski definition) is 12. The summed E-state index contributed by atoms with van der Waals surface area (Å²) in [7, 11) is 0. The highest BCUT2D eigenvalue weighted by Crippen LogP contribution is 2.22. The first-order valence-electron chi connectivity index (χ1n) is 12.7. The average molecular weight is 521 g/mol. The minimum Gasteiger partial charge on any atom is -0.463 e. The number of nitrogens with zero attached hydrogens (tertiary/aromatic N) is 6. The molecule has 0 aliphatic carbocycles. The van der Waals surface area contributed by atoms with Crippen LogP contribution in [-0.2, 0) is 0 Å². The fraction of sp³-hybridized carbons (Fsp3) is 0.385. The molecule has 0 amide bonds. The molecule has 0 spiro atoms. The van der Waals surface area contributed by atoms with Gasteiger partial charge in [0, 0.05) is 24.5 Å². The van der Waals surface area contributed by atoms with Crippen molar-refractivity contribution in [3.63, 3.8) is 0 Å². The molecule has 0 fully saturated rings. The van der Waals surface area contributed by atoms with E-state index in [1.165, 1.54) is 0 Å². The average Bonchev–Trinajstić information content (AvgIpc) is 2.92. The largest absolute Gasteiger partial charge is 0.463 e. The zero-order valence-electron chi connectivity index (χ0n) is 22.0. The second-order valence-electron chi connectivity index (χ2n) is 8.10. The molecule has 0 aliphatic heterocycles. The van der Waals surface area contributed by atoms with Crippen LogP contribution >= 0.6 is 0 Å². The van der Waals surface area contributed by atoms with Crippen LogP contribution in [0.1, 0.15) is 39.5 Å². The molecular formula is C26H36N10O2. The van der Waals surface area contributed by atoms with Crippen molar-refractivity contribution in [3.8, 4) is 12.0 Å². The fourth-order valence-corrected chi connectivity index (χ4v) is 2.95. The highest BCUT2D eigenvalue weighted by atomic mass is 16.5. The molecule has 12 nitrogen and oxygen atoms in total. The number of rotatable bonds is 18. The molecule has 0 bridgehead atoms. The highest BCUT2D eigenvalue weighted by molar-refractivity contribution is 5.62. The summed E-state index contributed by atoms with van der Waals surface area (Å²) in [5.41, 5.74) is 1.56. The van der Waals surface area contributed by atoms with E-state index in [4.69, 9.17) is 9.47 Å². The summed E-state index contributed by atoms with van der Waals surface area (Å²) in [6.45, 7) is 13.7. The molecule has 0 radical (unpaired) electrons. The predicted molar refractivity (Wildman–Crippen MR) is 151 cm³/mol. The summed E-state index contributed by atoms with van der Waals surface area (Å²) >= 11 is 0. The molecule has 2 aromatic heterocycles. The zero-order chi connectivity index (χ0) is 27.0. The lowest BCUT2D eigenvalue weighted by Gasteiger charge is -2.12. The van der Waals surface area contributed by atoms with Crippen LogP contribution in [0.2, 0.25) is 0 Å². The molecule has 0 aliphatic rings. The van der Waals surface area contributed by atoms with Gasteiger partial charge in [-0.2, -0.15) is 29.9 Å². The molecule has 2 heterocycles. The number of benzene rings is 1. The first-order chi connectivity index (χ1) is 18.6. The number of ether oxygens (including phenoxy) is 2. The molecule has 0 atom stereocenters. The van der Waals surface area contributed by atoms with Crippen molar-refractivity contribution in [1.82, 2.24) is 29.9 Å². The van der Waals surface area contributed by atoms with E-state index in [0.717, 1.165) is 37.1 Å². The monoisotopic (exact) mass is 520 g/mol.